The molecule has 0 atom stereocenters. The number of halogens is 2. The van der Waals surface area contributed by atoms with Gasteiger partial charge in [-0.15, -0.1) is 12.4 Å². The molecule has 0 heterocycles. The smallest absolute Gasteiger partial charge is 0.239 e. The summed E-state index contributed by atoms with van der Waals surface area (Å²) in [6.45, 7) is 4.47. The van der Waals surface area contributed by atoms with Gasteiger partial charge >= 0.3 is 0 Å². The van der Waals surface area contributed by atoms with Crippen LogP contribution in [-0.2, 0) is 16.0 Å². The highest BCUT2D eigenvalue weighted by atomic mass is 35.5. The van der Waals surface area contributed by atoms with Crippen molar-refractivity contribution in [3.63, 3.8) is 0 Å². The molecule has 124 valence electrons. The van der Waals surface area contributed by atoms with Crippen molar-refractivity contribution < 1.29 is 9.59 Å². The lowest BCUT2D eigenvalue weighted by Crippen LogP contribution is -2.42. The molecule has 0 radical (unpaired) electrons. The van der Waals surface area contributed by atoms with E-state index in [0.717, 1.165) is 12.0 Å². The Bertz CT molecular complexity index is 507. The molecule has 7 heteroatoms. The molecule has 1 aromatic carbocycles. The van der Waals surface area contributed by atoms with Crippen LogP contribution in [0.1, 0.15) is 19.4 Å². The Morgan fingerprint density at radius 2 is 1.91 bits per heavy atom. The number of hydrogen-bond donors (Lipinski definition) is 3. The lowest BCUT2D eigenvalue weighted by Gasteiger charge is -2.25. The van der Waals surface area contributed by atoms with E-state index in [0.29, 0.717) is 11.6 Å². The van der Waals surface area contributed by atoms with E-state index in [1.165, 1.54) is 0 Å². The first kappa shape index (κ1) is 20.7. The van der Waals surface area contributed by atoms with Crippen LogP contribution in [0.25, 0.3) is 0 Å². The Morgan fingerprint density at radius 3 is 2.50 bits per heavy atom. The summed E-state index contributed by atoms with van der Waals surface area (Å²) in [5.41, 5.74) is 6.16. The van der Waals surface area contributed by atoms with Crippen LogP contribution in [-0.4, -0.2) is 31.4 Å². The molecule has 0 bridgehead atoms. The molecule has 2 amide bonds. The number of amides is 2. The highest BCUT2D eigenvalue weighted by molar-refractivity contribution is 6.30. The van der Waals surface area contributed by atoms with E-state index in [4.69, 9.17) is 17.3 Å². The molecular formula is C15H23Cl2N3O2. The molecule has 0 saturated heterocycles. The van der Waals surface area contributed by atoms with Crippen molar-refractivity contribution in [3.8, 4) is 0 Å². The van der Waals surface area contributed by atoms with Crippen LogP contribution in [0.4, 0.5) is 0 Å². The molecule has 5 nitrogen and oxygen atoms in total. The van der Waals surface area contributed by atoms with Gasteiger partial charge in [-0.2, -0.15) is 0 Å². The Morgan fingerprint density at radius 1 is 1.23 bits per heavy atom. The number of hydrogen-bond acceptors (Lipinski definition) is 3. The third-order valence-electron chi connectivity index (χ3n) is 2.97. The van der Waals surface area contributed by atoms with Crippen molar-refractivity contribution in [1.82, 2.24) is 10.6 Å². The Balaban J connectivity index is 0.00000441. The summed E-state index contributed by atoms with van der Waals surface area (Å²) in [5.74, 6) is -0.570. The monoisotopic (exact) mass is 347 g/mol. The number of benzene rings is 1. The third kappa shape index (κ3) is 8.22. The quantitative estimate of drug-likeness (QED) is 0.699. The third-order valence-corrected chi connectivity index (χ3v) is 3.20. The zero-order chi connectivity index (χ0) is 15.9. The summed E-state index contributed by atoms with van der Waals surface area (Å²) >= 11 is 5.97. The standard InChI is InChI=1S/C15H22ClN3O2.ClH/c1-15(2,7-11-4-3-5-12(16)6-11)10-19-14(21)9-18-13(20)8-17;/h3-6H,7-10,17H2,1-2H3,(H,18,20)(H,19,21);1H. The molecule has 0 aliphatic carbocycles. The molecule has 0 aromatic heterocycles. The fraction of sp³-hybridized carbons (Fsp3) is 0.467. The second kappa shape index (κ2) is 9.66. The van der Waals surface area contributed by atoms with Gasteiger partial charge in [0.2, 0.25) is 11.8 Å². The summed E-state index contributed by atoms with van der Waals surface area (Å²) in [4.78, 5) is 22.6. The van der Waals surface area contributed by atoms with Crippen molar-refractivity contribution in [1.29, 1.82) is 0 Å². The van der Waals surface area contributed by atoms with Gasteiger partial charge in [-0.25, -0.2) is 0 Å². The van der Waals surface area contributed by atoms with E-state index in [1.807, 2.05) is 24.3 Å². The van der Waals surface area contributed by atoms with Crippen LogP contribution < -0.4 is 16.4 Å². The minimum atomic E-state index is -0.344. The minimum absolute atomic E-state index is 0. The van der Waals surface area contributed by atoms with E-state index in [-0.39, 0.29) is 42.7 Å². The van der Waals surface area contributed by atoms with E-state index in [1.54, 1.807) is 0 Å². The van der Waals surface area contributed by atoms with Crippen LogP contribution >= 0.6 is 24.0 Å². The molecule has 22 heavy (non-hydrogen) atoms. The van der Waals surface area contributed by atoms with E-state index < -0.39 is 0 Å². The van der Waals surface area contributed by atoms with Gasteiger partial charge < -0.3 is 16.4 Å². The molecule has 4 N–H and O–H groups in total. The molecule has 1 rings (SSSR count). The Hall–Kier alpha value is -1.30. The summed E-state index contributed by atoms with van der Waals surface area (Å²) < 4.78 is 0. The number of carbonyl (C=O) groups is 2. The van der Waals surface area contributed by atoms with Crippen LogP contribution in [0.3, 0.4) is 0 Å². The summed E-state index contributed by atoms with van der Waals surface area (Å²) in [6, 6.07) is 7.68. The number of nitrogens with two attached hydrogens (primary N) is 1. The van der Waals surface area contributed by atoms with Crippen LogP contribution in [0, 0.1) is 5.41 Å². The molecule has 0 spiro atoms. The fourth-order valence-electron chi connectivity index (χ4n) is 1.91. The summed E-state index contributed by atoms with van der Waals surface area (Å²) in [5, 5.41) is 5.95. The van der Waals surface area contributed by atoms with Crippen molar-refractivity contribution in [2.75, 3.05) is 19.6 Å². The lowest BCUT2D eigenvalue weighted by molar-refractivity contribution is -0.125. The number of carbonyl (C=O) groups excluding carboxylic acids is 2. The SMILES string of the molecule is CC(C)(CNC(=O)CNC(=O)CN)Cc1cccc(Cl)c1.Cl. The lowest BCUT2D eigenvalue weighted by atomic mass is 9.85. The summed E-state index contributed by atoms with van der Waals surface area (Å²) in [7, 11) is 0. The molecular weight excluding hydrogens is 325 g/mol. The zero-order valence-corrected chi connectivity index (χ0v) is 14.4. The van der Waals surface area contributed by atoms with E-state index in [9.17, 15) is 9.59 Å². The van der Waals surface area contributed by atoms with Gasteiger partial charge in [0.05, 0.1) is 13.1 Å². The maximum atomic E-state index is 11.6. The predicted octanol–water partition coefficient (Wildman–Crippen LogP) is 1.52. The predicted molar refractivity (Wildman–Crippen MR) is 91.3 cm³/mol. The fourth-order valence-corrected chi connectivity index (χ4v) is 2.13. The van der Waals surface area contributed by atoms with Crippen LogP contribution in [0.5, 0.6) is 0 Å². The van der Waals surface area contributed by atoms with Crippen molar-refractivity contribution in [3.05, 3.63) is 34.9 Å². The average molecular weight is 348 g/mol. The van der Waals surface area contributed by atoms with E-state index in [2.05, 4.69) is 24.5 Å². The maximum Gasteiger partial charge on any atom is 0.239 e. The van der Waals surface area contributed by atoms with Gasteiger partial charge in [0.25, 0.3) is 0 Å². The normalized spacial score (nSPS) is 10.5. The second-order valence-corrected chi connectivity index (χ2v) is 6.16. The second-order valence-electron chi connectivity index (χ2n) is 5.73. The summed E-state index contributed by atoms with van der Waals surface area (Å²) in [6.07, 6.45) is 0.795. The first-order chi connectivity index (χ1) is 9.82. The van der Waals surface area contributed by atoms with Gasteiger partial charge in [-0.1, -0.05) is 37.6 Å². The van der Waals surface area contributed by atoms with Gasteiger partial charge in [0, 0.05) is 11.6 Å². The van der Waals surface area contributed by atoms with Crippen molar-refractivity contribution in [2.24, 2.45) is 11.1 Å². The van der Waals surface area contributed by atoms with Crippen molar-refractivity contribution in [2.45, 2.75) is 20.3 Å². The largest absolute Gasteiger partial charge is 0.354 e. The number of nitrogens with one attached hydrogen (secondary N) is 2. The van der Waals surface area contributed by atoms with Crippen LogP contribution in [0.15, 0.2) is 24.3 Å². The Kier molecular flexibility index (Phi) is 9.09. The highest BCUT2D eigenvalue weighted by Crippen LogP contribution is 2.22. The average Bonchev–Trinajstić information content (AvgIpc) is 2.42. The van der Waals surface area contributed by atoms with Crippen LogP contribution in [0.2, 0.25) is 5.02 Å². The zero-order valence-electron chi connectivity index (χ0n) is 12.8. The van der Waals surface area contributed by atoms with Gasteiger partial charge in [-0.3, -0.25) is 9.59 Å². The topological polar surface area (TPSA) is 84.2 Å². The van der Waals surface area contributed by atoms with Gasteiger partial charge in [0.1, 0.15) is 0 Å². The molecule has 0 aliphatic heterocycles. The maximum absolute atomic E-state index is 11.6. The molecule has 0 saturated carbocycles. The number of rotatable bonds is 7. The molecule has 0 aliphatic rings. The molecule has 0 unspecified atom stereocenters. The van der Waals surface area contributed by atoms with Gasteiger partial charge in [0.15, 0.2) is 0 Å². The Labute approximate surface area is 142 Å². The van der Waals surface area contributed by atoms with Gasteiger partial charge in [-0.05, 0) is 29.5 Å². The first-order valence-corrected chi connectivity index (χ1v) is 7.18. The first-order valence-electron chi connectivity index (χ1n) is 6.80. The van der Waals surface area contributed by atoms with Crippen molar-refractivity contribution >= 4 is 35.8 Å². The highest BCUT2D eigenvalue weighted by Gasteiger charge is 2.19. The minimum Gasteiger partial charge on any atom is -0.354 e. The molecule has 1 aromatic rings. The molecule has 0 fully saturated rings. The van der Waals surface area contributed by atoms with E-state index >= 15 is 0 Å².